The maximum atomic E-state index is 11.9. The molecule has 1 saturated heterocycles. The largest absolute Gasteiger partial charge is 0.445 e. The Morgan fingerprint density at radius 1 is 1.47 bits per heavy atom. The van der Waals surface area contributed by atoms with Crippen molar-refractivity contribution in [1.82, 2.24) is 4.90 Å². The molecule has 0 aliphatic carbocycles. The van der Waals surface area contributed by atoms with Gasteiger partial charge in [0, 0.05) is 6.54 Å². The third kappa shape index (κ3) is 3.46. The predicted molar refractivity (Wildman–Crippen MR) is 68.0 cm³/mol. The average Bonchev–Trinajstić information content (AvgIpc) is 2.46. The molecule has 5 heteroatoms. The molecule has 1 N–H and O–H groups in total. The molecule has 1 fully saturated rings. The molecule has 1 aromatic rings. The van der Waals surface area contributed by atoms with Crippen LogP contribution in [0.5, 0.6) is 0 Å². The number of amides is 1. The molecule has 19 heavy (non-hydrogen) atoms. The number of aliphatic hydroxyl groups is 1. The quantitative estimate of drug-likeness (QED) is 0.821. The van der Waals surface area contributed by atoms with Gasteiger partial charge in [0.15, 0.2) is 5.60 Å². The first-order valence-corrected chi connectivity index (χ1v) is 6.22. The number of ether oxygens (including phenoxy) is 1. The van der Waals surface area contributed by atoms with Crippen LogP contribution in [0.15, 0.2) is 30.3 Å². The van der Waals surface area contributed by atoms with E-state index in [0.29, 0.717) is 19.4 Å². The summed E-state index contributed by atoms with van der Waals surface area (Å²) in [5, 5.41) is 18.8. The van der Waals surface area contributed by atoms with E-state index in [-0.39, 0.29) is 13.2 Å². The van der Waals surface area contributed by atoms with E-state index in [1.54, 1.807) is 0 Å². The first-order valence-electron chi connectivity index (χ1n) is 6.22. The van der Waals surface area contributed by atoms with E-state index in [1.165, 1.54) is 4.90 Å². The summed E-state index contributed by atoms with van der Waals surface area (Å²) in [6.07, 6.45) is 0.508. The normalized spacial score (nSPS) is 22.6. The number of rotatable bonds is 2. The molecular formula is C14H16N2O3. The van der Waals surface area contributed by atoms with E-state index < -0.39 is 11.7 Å². The van der Waals surface area contributed by atoms with E-state index in [9.17, 15) is 9.90 Å². The van der Waals surface area contributed by atoms with Gasteiger partial charge in [-0.25, -0.2) is 4.79 Å². The van der Waals surface area contributed by atoms with Gasteiger partial charge in [0.2, 0.25) is 0 Å². The van der Waals surface area contributed by atoms with Gasteiger partial charge in [-0.05, 0) is 18.4 Å². The number of benzene rings is 1. The SMILES string of the molecule is N#C[C@]1(O)CCCN(C(=O)OCc2ccccc2)C1. The Bertz CT molecular complexity index is 483. The molecule has 1 heterocycles. The highest BCUT2D eigenvalue weighted by Crippen LogP contribution is 2.21. The van der Waals surface area contributed by atoms with Crippen molar-refractivity contribution in [3.8, 4) is 6.07 Å². The summed E-state index contributed by atoms with van der Waals surface area (Å²) in [7, 11) is 0. The fraction of sp³-hybridized carbons (Fsp3) is 0.429. The summed E-state index contributed by atoms with van der Waals surface area (Å²) in [6, 6.07) is 11.2. The maximum absolute atomic E-state index is 11.9. The summed E-state index contributed by atoms with van der Waals surface area (Å²) in [4.78, 5) is 13.2. The lowest BCUT2D eigenvalue weighted by molar-refractivity contribution is 0.00787. The fourth-order valence-corrected chi connectivity index (χ4v) is 2.09. The van der Waals surface area contributed by atoms with Crippen LogP contribution in [-0.2, 0) is 11.3 Å². The minimum absolute atomic E-state index is 0.0110. The third-order valence-electron chi connectivity index (χ3n) is 3.14. The van der Waals surface area contributed by atoms with Crippen LogP contribution in [0.3, 0.4) is 0 Å². The lowest BCUT2D eigenvalue weighted by atomic mass is 9.95. The monoisotopic (exact) mass is 260 g/mol. The van der Waals surface area contributed by atoms with Gasteiger partial charge in [-0.15, -0.1) is 0 Å². The Morgan fingerprint density at radius 3 is 2.89 bits per heavy atom. The molecule has 5 nitrogen and oxygen atoms in total. The predicted octanol–water partition coefficient (Wildman–Crippen LogP) is 1.67. The van der Waals surface area contributed by atoms with Crippen LogP contribution in [0.2, 0.25) is 0 Å². The lowest BCUT2D eigenvalue weighted by Gasteiger charge is -2.33. The number of hydrogen-bond donors (Lipinski definition) is 1. The smallest absolute Gasteiger partial charge is 0.410 e. The number of nitriles is 1. The van der Waals surface area contributed by atoms with Gasteiger partial charge in [0.25, 0.3) is 0 Å². The highest BCUT2D eigenvalue weighted by Gasteiger charge is 2.35. The van der Waals surface area contributed by atoms with Gasteiger partial charge in [0.05, 0.1) is 12.6 Å². The molecule has 0 saturated carbocycles. The molecule has 1 aliphatic heterocycles. The highest BCUT2D eigenvalue weighted by molar-refractivity contribution is 5.68. The third-order valence-corrected chi connectivity index (χ3v) is 3.14. The second-order valence-electron chi connectivity index (χ2n) is 4.71. The number of hydrogen-bond acceptors (Lipinski definition) is 4. The first-order chi connectivity index (χ1) is 9.13. The number of β-amino-alcohol motifs (C(OH)–C–C–N with tert-alkyl or cyclic N) is 1. The second-order valence-corrected chi connectivity index (χ2v) is 4.71. The molecular weight excluding hydrogens is 244 g/mol. The van der Waals surface area contributed by atoms with Crippen LogP contribution in [0, 0.1) is 11.3 Å². The Hall–Kier alpha value is -2.06. The van der Waals surface area contributed by atoms with E-state index in [1.807, 2.05) is 36.4 Å². The van der Waals surface area contributed by atoms with Crippen LogP contribution in [0.1, 0.15) is 18.4 Å². The molecule has 1 aliphatic rings. The summed E-state index contributed by atoms with van der Waals surface area (Å²) < 4.78 is 5.17. The standard InChI is InChI=1S/C14H16N2O3/c15-10-14(18)7-4-8-16(11-14)13(17)19-9-12-5-2-1-3-6-12/h1-3,5-6,18H,4,7-9,11H2/t14-/m1/s1. The van der Waals surface area contributed by atoms with Crippen molar-refractivity contribution in [2.45, 2.75) is 25.0 Å². The molecule has 0 bridgehead atoms. The molecule has 2 rings (SSSR count). The van der Waals surface area contributed by atoms with Crippen molar-refractivity contribution in [2.75, 3.05) is 13.1 Å². The van der Waals surface area contributed by atoms with Gasteiger partial charge in [-0.3, -0.25) is 0 Å². The zero-order valence-corrected chi connectivity index (χ0v) is 10.6. The fourth-order valence-electron chi connectivity index (χ4n) is 2.09. The Labute approximate surface area is 112 Å². The van der Waals surface area contributed by atoms with Crippen molar-refractivity contribution >= 4 is 6.09 Å². The van der Waals surface area contributed by atoms with Crippen LogP contribution < -0.4 is 0 Å². The van der Waals surface area contributed by atoms with Crippen LogP contribution in [0.25, 0.3) is 0 Å². The zero-order chi connectivity index (χ0) is 13.7. The second kappa shape index (κ2) is 5.72. The van der Waals surface area contributed by atoms with Crippen LogP contribution in [-0.4, -0.2) is 34.8 Å². The maximum Gasteiger partial charge on any atom is 0.410 e. The number of likely N-dealkylation sites (tertiary alicyclic amines) is 1. The van der Waals surface area contributed by atoms with Crippen molar-refractivity contribution in [3.63, 3.8) is 0 Å². The summed E-state index contributed by atoms with van der Waals surface area (Å²) in [5.41, 5.74) is -0.535. The van der Waals surface area contributed by atoms with E-state index >= 15 is 0 Å². The number of carbonyl (C=O) groups excluding carboxylic acids is 1. The lowest BCUT2D eigenvalue weighted by Crippen LogP contribution is -2.49. The molecule has 0 unspecified atom stereocenters. The van der Waals surface area contributed by atoms with Gasteiger partial charge < -0.3 is 14.7 Å². The minimum atomic E-state index is -1.44. The Morgan fingerprint density at radius 2 is 2.21 bits per heavy atom. The van der Waals surface area contributed by atoms with Gasteiger partial charge >= 0.3 is 6.09 Å². The van der Waals surface area contributed by atoms with Crippen LogP contribution in [0.4, 0.5) is 4.79 Å². The van der Waals surface area contributed by atoms with Crippen molar-refractivity contribution in [1.29, 1.82) is 5.26 Å². The van der Waals surface area contributed by atoms with Gasteiger partial charge in [0.1, 0.15) is 6.61 Å². The van der Waals surface area contributed by atoms with Gasteiger partial charge in [-0.2, -0.15) is 5.26 Å². The van der Waals surface area contributed by atoms with E-state index in [0.717, 1.165) is 5.56 Å². The molecule has 1 atom stereocenters. The number of carbonyl (C=O) groups is 1. The van der Waals surface area contributed by atoms with Crippen molar-refractivity contribution in [2.24, 2.45) is 0 Å². The number of piperidine rings is 1. The molecule has 1 amide bonds. The topological polar surface area (TPSA) is 73.6 Å². The first kappa shape index (κ1) is 13.4. The summed E-state index contributed by atoms with van der Waals surface area (Å²) >= 11 is 0. The average molecular weight is 260 g/mol. The van der Waals surface area contributed by atoms with E-state index in [2.05, 4.69) is 0 Å². The van der Waals surface area contributed by atoms with E-state index in [4.69, 9.17) is 10.00 Å². The minimum Gasteiger partial charge on any atom is -0.445 e. The van der Waals surface area contributed by atoms with Gasteiger partial charge in [-0.1, -0.05) is 30.3 Å². The molecule has 100 valence electrons. The summed E-state index contributed by atoms with van der Waals surface area (Å²) in [5.74, 6) is 0. The Kier molecular flexibility index (Phi) is 4.03. The van der Waals surface area contributed by atoms with Crippen LogP contribution >= 0.6 is 0 Å². The molecule has 1 aromatic carbocycles. The molecule has 0 aromatic heterocycles. The molecule has 0 spiro atoms. The molecule has 0 radical (unpaired) electrons. The summed E-state index contributed by atoms with van der Waals surface area (Å²) in [6.45, 7) is 0.718. The van der Waals surface area contributed by atoms with Crippen molar-refractivity contribution < 1.29 is 14.6 Å². The number of nitrogens with zero attached hydrogens (tertiary/aromatic N) is 2. The zero-order valence-electron chi connectivity index (χ0n) is 10.6. The Balaban J connectivity index is 1.88. The highest BCUT2D eigenvalue weighted by atomic mass is 16.6. The van der Waals surface area contributed by atoms with Crippen molar-refractivity contribution in [3.05, 3.63) is 35.9 Å².